The molecular formula is C36H18N4O2. The molecule has 0 atom stereocenters. The Kier molecular flexibility index (Phi) is 3.88. The highest BCUT2D eigenvalue weighted by molar-refractivity contribution is 6.24. The van der Waals surface area contributed by atoms with Crippen LogP contribution in [0, 0.1) is 0 Å². The van der Waals surface area contributed by atoms with Crippen molar-refractivity contribution in [3.8, 4) is 11.1 Å². The van der Waals surface area contributed by atoms with Crippen LogP contribution in [0.1, 0.15) is 0 Å². The number of benzene rings is 6. The van der Waals surface area contributed by atoms with Gasteiger partial charge in [0.1, 0.15) is 11.3 Å². The lowest BCUT2D eigenvalue weighted by Crippen LogP contribution is -2.13. The minimum atomic E-state index is -0.0738. The van der Waals surface area contributed by atoms with Gasteiger partial charge in [-0.1, -0.05) is 66.7 Å². The van der Waals surface area contributed by atoms with Crippen LogP contribution < -0.4 is 11.1 Å². The molecule has 0 spiro atoms. The summed E-state index contributed by atoms with van der Waals surface area (Å²) in [4.78, 5) is 37.5. The third-order valence-corrected chi connectivity index (χ3v) is 8.84. The summed E-state index contributed by atoms with van der Waals surface area (Å²) in [5.74, 6) is 0. The van der Waals surface area contributed by atoms with Gasteiger partial charge in [0.2, 0.25) is 0 Å². The van der Waals surface area contributed by atoms with Crippen molar-refractivity contribution in [2.45, 2.75) is 0 Å². The maximum atomic E-state index is 13.9. The zero-order valence-electron chi connectivity index (χ0n) is 22.0. The monoisotopic (exact) mass is 538 g/mol. The van der Waals surface area contributed by atoms with E-state index in [4.69, 9.17) is 9.97 Å². The van der Waals surface area contributed by atoms with Gasteiger partial charge in [-0.2, -0.15) is 0 Å². The number of para-hydroxylation sites is 4. The maximum absolute atomic E-state index is 13.9. The molecule has 0 saturated heterocycles. The Hall–Kier alpha value is -5.88. The van der Waals surface area contributed by atoms with Crippen LogP contribution in [-0.4, -0.2) is 18.8 Å². The Morgan fingerprint density at radius 2 is 0.833 bits per heavy atom. The van der Waals surface area contributed by atoms with Crippen LogP contribution >= 0.6 is 0 Å². The molecule has 0 radical (unpaired) electrons. The lowest BCUT2D eigenvalue weighted by molar-refractivity contribution is 1.19. The molecule has 4 aromatic heterocycles. The molecule has 0 aliphatic heterocycles. The molecule has 0 amide bonds. The maximum Gasteiger partial charge on any atom is 0.264 e. The number of fused-ring (bicyclic) bond motifs is 8. The van der Waals surface area contributed by atoms with Gasteiger partial charge < -0.3 is 0 Å². The quantitative estimate of drug-likeness (QED) is 0.222. The van der Waals surface area contributed by atoms with Crippen molar-refractivity contribution in [3.63, 3.8) is 0 Å². The molecule has 6 aromatic carbocycles. The van der Waals surface area contributed by atoms with Gasteiger partial charge in [-0.25, -0.2) is 9.97 Å². The molecule has 10 rings (SSSR count). The second-order valence-electron chi connectivity index (χ2n) is 10.9. The highest BCUT2D eigenvalue weighted by atomic mass is 16.1. The predicted octanol–water partition coefficient (Wildman–Crippen LogP) is 7.16. The van der Waals surface area contributed by atoms with Crippen molar-refractivity contribution >= 4 is 76.5 Å². The van der Waals surface area contributed by atoms with Crippen LogP contribution in [0.3, 0.4) is 0 Å². The molecule has 6 heteroatoms. The van der Waals surface area contributed by atoms with Gasteiger partial charge in [0.05, 0.1) is 22.1 Å². The topological polar surface area (TPSA) is 68.7 Å². The summed E-state index contributed by atoms with van der Waals surface area (Å²) in [5, 5.41) is 6.96. The Bertz CT molecular complexity index is 2750. The minimum absolute atomic E-state index is 0.0738. The number of nitrogens with zero attached hydrogens (tertiary/aromatic N) is 4. The summed E-state index contributed by atoms with van der Waals surface area (Å²) in [5.41, 5.74) is 6.40. The van der Waals surface area contributed by atoms with E-state index in [-0.39, 0.29) is 11.1 Å². The van der Waals surface area contributed by atoms with E-state index in [1.54, 1.807) is 8.80 Å². The van der Waals surface area contributed by atoms with Crippen LogP contribution in [-0.2, 0) is 0 Å². The molecule has 4 heterocycles. The van der Waals surface area contributed by atoms with E-state index in [2.05, 4.69) is 24.3 Å². The van der Waals surface area contributed by atoms with Gasteiger partial charge in [0.15, 0.2) is 0 Å². The first-order chi connectivity index (χ1) is 20.7. The molecule has 0 aliphatic carbocycles. The fourth-order valence-electron chi connectivity index (χ4n) is 7.08. The molecular weight excluding hydrogens is 520 g/mol. The Labute approximate surface area is 236 Å². The van der Waals surface area contributed by atoms with Crippen LogP contribution in [0.5, 0.6) is 0 Å². The number of hydrogen-bond acceptors (Lipinski definition) is 4. The second kappa shape index (κ2) is 7.44. The minimum Gasteiger partial charge on any atom is -0.268 e. The molecule has 0 aliphatic rings. The van der Waals surface area contributed by atoms with E-state index in [1.165, 1.54) is 0 Å². The average molecular weight is 539 g/mol. The smallest absolute Gasteiger partial charge is 0.264 e. The highest BCUT2D eigenvalue weighted by Gasteiger charge is 2.21. The second-order valence-corrected chi connectivity index (χ2v) is 10.9. The van der Waals surface area contributed by atoms with Gasteiger partial charge in [-0.3, -0.25) is 18.4 Å². The summed E-state index contributed by atoms with van der Waals surface area (Å²) < 4.78 is 3.46. The van der Waals surface area contributed by atoms with Gasteiger partial charge in [-0.05, 0) is 64.4 Å². The van der Waals surface area contributed by atoms with Crippen molar-refractivity contribution in [2.75, 3.05) is 0 Å². The van der Waals surface area contributed by atoms with Gasteiger partial charge in [0.25, 0.3) is 11.1 Å². The molecule has 42 heavy (non-hydrogen) atoms. The third kappa shape index (κ3) is 2.51. The summed E-state index contributed by atoms with van der Waals surface area (Å²) in [6, 6.07) is 35.7. The fourth-order valence-corrected chi connectivity index (χ4v) is 7.08. The van der Waals surface area contributed by atoms with E-state index in [0.29, 0.717) is 22.1 Å². The van der Waals surface area contributed by atoms with Crippen molar-refractivity contribution in [1.29, 1.82) is 0 Å². The molecule has 6 nitrogen and oxygen atoms in total. The first-order valence-electron chi connectivity index (χ1n) is 13.9. The summed E-state index contributed by atoms with van der Waals surface area (Å²) in [6.07, 6.45) is 0. The lowest BCUT2D eigenvalue weighted by atomic mass is 9.90. The van der Waals surface area contributed by atoms with Gasteiger partial charge in [-0.15, -0.1) is 0 Å². The van der Waals surface area contributed by atoms with Crippen molar-refractivity contribution in [1.82, 2.24) is 18.8 Å². The normalized spacial score (nSPS) is 12.5. The summed E-state index contributed by atoms with van der Waals surface area (Å²) in [7, 11) is 0. The van der Waals surface area contributed by atoms with Crippen LogP contribution in [0.2, 0.25) is 0 Å². The number of aromatic nitrogens is 4. The summed E-state index contributed by atoms with van der Waals surface area (Å²) >= 11 is 0. The lowest BCUT2D eigenvalue weighted by Gasteiger charge is -2.15. The molecule has 0 N–H and O–H groups in total. The first-order valence-corrected chi connectivity index (χ1v) is 13.9. The third-order valence-electron chi connectivity index (χ3n) is 8.84. The van der Waals surface area contributed by atoms with Crippen molar-refractivity contribution in [3.05, 3.63) is 130 Å². The van der Waals surface area contributed by atoms with Crippen LogP contribution in [0.25, 0.3) is 87.6 Å². The number of pyridine rings is 2. The SMILES string of the molecule is O=c1c2ccc(-c3ccc4c5c3cccc5c(=O)n3c5ccccc5nc43)c3cccc(c32)c2nc3ccccc3n12. The van der Waals surface area contributed by atoms with Crippen LogP contribution in [0.4, 0.5) is 0 Å². The van der Waals surface area contributed by atoms with Crippen molar-refractivity contribution in [2.24, 2.45) is 0 Å². The Morgan fingerprint density at radius 1 is 0.405 bits per heavy atom. The zero-order valence-corrected chi connectivity index (χ0v) is 22.0. The van der Waals surface area contributed by atoms with Crippen LogP contribution in [0.15, 0.2) is 119 Å². The summed E-state index contributed by atoms with van der Waals surface area (Å²) in [6.45, 7) is 0. The molecule has 10 aromatic rings. The van der Waals surface area contributed by atoms with E-state index < -0.39 is 0 Å². The molecule has 0 bridgehead atoms. The number of rotatable bonds is 1. The number of imidazole rings is 2. The van der Waals surface area contributed by atoms with Gasteiger partial charge in [0, 0.05) is 32.3 Å². The molecule has 194 valence electrons. The largest absolute Gasteiger partial charge is 0.268 e. The zero-order chi connectivity index (χ0) is 27.7. The van der Waals surface area contributed by atoms with E-state index in [0.717, 1.165) is 65.5 Å². The van der Waals surface area contributed by atoms with E-state index >= 15 is 0 Å². The molecule has 0 unspecified atom stereocenters. The fraction of sp³-hybridized carbons (Fsp3) is 0. The Balaban J connectivity index is 1.35. The van der Waals surface area contributed by atoms with Crippen molar-refractivity contribution < 1.29 is 0 Å². The van der Waals surface area contributed by atoms with E-state index in [1.807, 2.05) is 84.9 Å². The standard InChI is InChI=1S/C36H18N4O2/c41-35-25-10-6-8-22-19(15-17-24(32(22)25)34-38-28-12-2-4-14-30(28)40(34)35)20-16-18-26-31-21(20)7-5-9-23(31)33-37-27-11-1-3-13-29(27)39(33)36(26)42/h1-18H. The first kappa shape index (κ1) is 21.9. The Morgan fingerprint density at radius 3 is 1.40 bits per heavy atom. The molecule has 0 saturated carbocycles. The highest BCUT2D eigenvalue weighted by Crippen LogP contribution is 2.41. The molecule has 0 fully saturated rings. The van der Waals surface area contributed by atoms with Gasteiger partial charge >= 0.3 is 0 Å². The van der Waals surface area contributed by atoms with E-state index in [9.17, 15) is 9.59 Å². The predicted molar refractivity (Wildman–Crippen MR) is 169 cm³/mol. The number of hydrogen-bond donors (Lipinski definition) is 0. The average Bonchev–Trinajstić information content (AvgIpc) is 3.62.